The van der Waals surface area contributed by atoms with Gasteiger partial charge in [0.25, 0.3) is 0 Å². The predicted octanol–water partition coefficient (Wildman–Crippen LogP) is 12.2. The average Bonchev–Trinajstić information content (AvgIpc) is 3.19. The van der Waals surface area contributed by atoms with E-state index in [9.17, 15) is 25.3 Å². The topological polar surface area (TPSA) is 115 Å². The van der Waals surface area contributed by atoms with E-state index in [1.165, 1.54) is 62.6 Å². The highest BCUT2D eigenvalue weighted by molar-refractivity contribution is 7.88. The van der Waals surface area contributed by atoms with E-state index in [0.29, 0.717) is 19.0 Å². The zero-order valence-electron chi connectivity index (χ0n) is 46.7. The van der Waals surface area contributed by atoms with E-state index in [2.05, 4.69) is 116 Å². The lowest BCUT2D eigenvalue weighted by atomic mass is 9.86. The highest BCUT2D eigenvalue weighted by atomic mass is 32.2. The Morgan fingerprint density at radius 1 is 0.574 bits per heavy atom. The molecule has 1 saturated heterocycles. The number of aryl methyl sites for hydroxylation is 1. The fourth-order valence-corrected chi connectivity index (χ4v) is 11.6. The summed E-state index contributed by atoms with van der Waals surface area (Å²) in [7, 11) is -7.73. The summed E-state index contributed by atoms with van der Waals surface area (Å²) in [6.07, 6.45) is 7.21. The first-order chi connectivity index (χ1) is 30.7. The van der Waals surface area contributed by atoms with Crippen molar-refractivity contribution in [2.45, 2.75) is 190 Å². The second-order valence-electron chi connectivity index (χ2n) is 22.9. The number of nitrogens with zero attached hydrogens (tertiary/aromatic N) is 4. The first kappa shape index (κ1) is 65.3. The van der Waals surface area contributed by atoms with Crippen LogP contribution in [0.3, 0.4) is 0 Å². The summed E-state index contributed by atoms with van der Waals surface area (Å²) in [5.74, 6) is 0.705. The molecule has 0 aromatic heterocycles. The number of likely N-dealkylation sites (tertiary alicyclic amines) is 1. The molecule has 392 valence electrons. The van der Waals surface area contributed by atoms with Crippen LogP contribution in [0.25, 0.3) is 0 Å². The van der Waals surface area contributed by atoms with E-state index < -0.39 is 30.1 Å². The van der Waals surface area contributed by atoms with Crippen LogP contribution in [-0.4, -0.2) is 112 Å². The Labute approximate surface area is 419 Å². The highest BCUT2D eigenvalue weighted by Gasteiger charge is 2.30. The molecular formula is C55H98N4O6S3. The quantitative estimate of drug-likeness (QED) is 0.177. The molecule has 0 radical (unpaired) electrons. The van der Waals surface area contributed by atoms with Crippen LogP contribution in [-0.2, 0) is 46.7 Å². The smallest absolute Gasteiger partial charge is 0.218 e. The van der Waals surface area contributed by atoms with E-state index in [1.54, 1.807) is 11.4 Å². The molecule has 0 amide bonds. The van der Waals surface area contributed by atoms with E-state index in [0.717, 1.165) is 31.6 Å². The van der Waals surface area contributed by atoms with Crippen molar-refractivity contribution in [3.63, 3.8) is 0 Å². The Morgan fingerprint density at radius 3 is 1.29 bits per heavy atom. The normalized spacial score (nSPS) is 14.3. The molecule has 0 spiro atoms. The van der Waals surface area contributed by atoms with Crippen molar-refractivity contribution in [2.24, 2.45) is 0 Å². The minimum atomic E-state index is -3.18. The third kappa shape index (κ3) is 26.5. The molecule has 4 rings (SSSR count). The van der Waals surface area contributed by atoms with E-state index in [1.807, 2.05) is 92.6 Å². The van der Waals surface area contributed by atoms with Gasteiger partial charge in [0.1, 0.15) is 0 Å². The summed E-state index contributed by atoms with van der Waals surface area (Å²) in [5.41, 5.74) is 6.33. The Hall–Kier alpha value is -2.65. The van der Waals surface area contributed by atoms with Gasteiger partial charge in [-0.2, -0.15) is 8.61 Å². The SMILES string of the molecule is CC(C)(C)N(CCN1CCCCC1)S(C)(=O)=O.CC(C)N(C)S(=O)(=O)Cc1ccccc1.CC(C)c1ccc(C(C)(C)C)cc1.CCCN(C(C)(C)C)S(C)(=O)=O.Cc1ccc(C(C)(C)C)cc1. The average molecular weight is 1010 g/mol. The third-order valence-electron chi connectivity index (χ3n) is 11.5. The van der Waals surface area contributed by atoms with Gasteiger partial charge >= 0.3 is 0 Å². The van der Waals surface area contributed by atoms with Gasteiger partial charge in [-0.1, -0.05) is 153 Å². The molecule has 0 aliphatic carbocycles. The van der Waals surface area contributed by atoms with E-state index in [4.69, 9.17) is 0 Å². The molecule has 1 heterocycles. The van der Waals surface area contributed by atoms with Crippen LogP contribution in [0.5, 0.6) is 0 Å². The maximum atomic E-state index is 11.9. The Bertz CT molecular complexity index is 2180. The van der Waals surface area contributed by atoms with Gasteiger partial charge in [0.05, 0.1) is 18.3 Å². The van der Waals surface area contributed by atoms with E-state index in [-0.39, 0.29) is 33.7 Å². The zero-order chi connectivity index (χ0) is 53.1. The van der Waals surface area contributed by atoms with Gasteiger partial charge in [-0.05, 0) is 134 Å². The van der Waals surface area contributed by atoms with Gasteiger partial charge < -0.3 is 4.90 Å². The summed E-state index contributed by atoms with van der Waals surface area (Å²) in [6.45, 7) is 41.6. The van der Waals surface area contributed by atoms with Crippen LogP contribution < -0.4 is 0 Å². The minimum absolute atomic E-state index is 0.00119. The van der Waals surface area contributed by atoms with Crippen molar-refractivity contribution in [3.05, 3.63) is 107 Å². The van der Waals surface area contributed by atoms with Crippen LogP contribution >= 0.6 is 0 Å². The van der Waals surface area contributed by atoms with Gasteiger partial charge in [0, 0.05) is 43.8 Å². The molecule has 0 unspecified atom stereocenters. The molecule has 13 heteroatoms. The first-order valence-corrected chi connectivity index (χ1v) is 29.9. The predicted molar refractivity (Wildman–Crippen MR) is 294 cm³/mol. The minimum Gasteiger partial charge on any atom is -0.302 e. The lowest BCUT2D eigenvalue weighted by Gasteiger charge is -2.35. The zero-order valence-corrected chi connectivity index (χ0v) is 49.1. The van der Waals surface area contributed by atoms with Crippen molar-refractivity contribution < 1.29 is 25.3 Å². The van der Waals surface area contributed by atoms with E-state index >= 15 is 0 Å². The molecular weight excluding hydrogens is 909 g/mol. The van der Waals surface area contributed by atoms with Crippen molar-refractivity contribution in [1.82, 2.24) is 17.8 Å². The molecule has 1 aliphatic rings. The summed E-state index contributed by atoms with van der Waals surface area (Å²) in [6, 6.07) is 26.9. The fraction of sp³-hybridized carbons (Fsp3) is 0.673. The number of hydrogen-bond acceptors (Lipinski definition) is 7. The summed E-state index contributed by atoms with van der Waals surface area (Å²) in [4.78, 5) is 2.37. The summed E-state index contributed by atoms with van der Waals surface area (Å²) in [5, 5.41) is 0. The summed E-state index contributed by atoms with van der Waals surface area (Å²) < 4.78 is 74.4. The van der Waals surface area contributed by atoms with Crippen molar-refractivity contribution in [3.8, 4) is 0 Å². The second kappa shape index (κ2) is 28.4. The van der Waals surface area contributed by atoms with Gasteiger partial charge in [-0.15, -0.1) is 0 Å². The van der Waals surface area contributed by atoms with Crippen LogP contribution in [0, 0.1) is 6.92 Å². The maximum absolute atomic E-state index is 11.9. The highest BCUT2D eigenvalue weighted by Crippen LogP contribution is 2.25. The molecule has 1 fully saturated rings. The number of rotatable bonds is 12. The second-order valence-corrected chi connectivity index (χ2v) is 28.8. The molecule has 68 heavy (non-hydrogen) atoms. The van der Waals surface area contributed by atoms with Gasteiger partial charge in [0.2, 0.25) is 30.1 Å². The van der Waals surface area contributed by atoms with Crippen LogP contribution in [0.2, 0.25) is 0 Å². The molecule has 0 atom stereocenters. The number of sulfonamides is 3. The maximum Gasteiger partial charge on any atom is 0.218 e. The largest absolute Gasteiger partial charge is 0.302 e. The lowest BCUT2D eigenvalue weighted by molar-refractivity contribution is 0.180. The molecule has 3 aromatic rings. The molecule has 1 aliphatic heterocycles. The first-order valence-electron chi connectivity index (χ1n) is 24.6. The Morgan fingerprint density at radius 2 is 0.971 bits per heavy atom. The molecule has 0 N–H and O–H groups in total. The van der Waals surface area contributed by atoms with Crippen LogP contribution in [0.4, 0.5) is 0 Å². The third-order valence-corrected chi connectivity index (χ3v) is 16.6. The van der Waals surface area contributed by atoms with Crippen molar-refractivity contribution in [2.75, 3.05) is 52.3 Å². The molecule has 0 bridgehead atoms. The van der Waals surface area contributed by atoms with Crippen molar-refractivity contribution in [1.29, 1.82) is 0 Å². The number of benzene rings is 3. The molecule has 10 nitrogen and oxygen atoms in total. The summed E-state index contributed by atoms with van der Waals surface area (Å²) >= 11 is 0. The van der Waals surface area contributed by atoms with Crippen molar-refractivity contribution >= 4 is 30.1 Å². The molecule has 0 saturated carbocycles. The van der Waals surface area contributed by atoms with Crippen LogP contribution in [0.1, 0.15) is 177 Å². The Balaban J connectivity index is 0.000000832. The van der Waals surface area contributed by atoms with Gasteiger partial charge in [-0.3, -0.25) is 0 Å². The lowest BCUT2D eigenvalue weighted by Crippen LogP contribution is -2.48. The van der Waals surface area contributed by atoms with Crippen LogP contribution in [0.15, 0.2) is 78.9 Å². The number of hydrogen-bond donors (Lipinski definition) is 0. The Kier molecular flexibility index (Phi) is 27.3. The van der Waals surface area contributed by atoms with Gasteiger partial charge in [-0.25, -0.2) is 29.6 Å². The fourth-order valence-electron chi connectivity index (χ4n) is 7.25. The molecule has 3 aromatic carbocycles. The number of piperidine rings is 1. The monoisotopic (exact) mass is 1010 g/mol. The standard InChI is InChI=1S/C13H20.C12H26N2O2S.C11H17NO2S.C11H16.C8H19NO2S/c1-10(2)11-6-8-12(9-7-11)13(3,4)5;1-12(2,3)14(17(4,15)16)11-10-13-8-6-5-7-9-13;1-10(2)12(3)15(13,14)9-11-7-5-4-6-8-11;1-9-5-7-10(8-6-9)11(2,3)4;1-6-7-9(8(2,3)4)12(5,10)11/h6-10H,1-5H3;5-11H2,1-4H3;4-8,10H,9H2,1-3H3;5-8H,1-4H3;6-7H2,1-5H3. The van der Waals surface area contributed by atoms with Gasteiger partial charge in [0.15, 0.2) is 0 Å².